The van der Waals surface area contributed by atoms with Gasteiger partial charge in [-0.2, -0.15) is 0 Å². The number of hydrogen-bond donors (Lipinski definition) is 2. The summed E-state index contributed by atoms with van der Waals surface area (Å²) in [5, 5.41) is 0. The highest BCUT2D eigenvalue weighted by atomic mass is 16.2. The molecule has 1 aliphatic rings. The number of rotatable bonds is 2. The topological polar surface area (TPSA) is 71.2 Å². The van der Waals surface area contributed by atoms with Crippen LogP contribution >= 0.6 is 0 Å². The Morgan fingerprint density at radius 3 is 3.00 bits per heavy atom. The predicted molar refractivity (Wildman–Crippen MR) is 73.9 cm³/mol. The molecule has 1 aromatic carbocycles. The molecule has 0 unspecified atom stereocenters. The van der Waals surface area contributed by atoms with Crippen LogP contribution in [0.3, 0.4) is 0 Å². The summed E-state index contributed by atoms with van der Waals surface area (Å²) >= 11 is 0. The third-order valence-corrected chi connectivity index (χ3v) is 3.29. The first kappa shape index (κ1) is 11.7. The van der Waals surface area contributed by atoms with E-state index in [-0.39, 0.29) is 5.91 Å². The van der Waals surface area contributed by atoms with Crippen LogP contribution in [0.4, 0.5) is 11.5 Å². The first-order valence-electron chi connectivity index (χ1n) is 6.12. The van der Waals surface area contributed by atoms with E-state index in [9.17, 15) is 4.79 Å². The molecule has 0 saturated heterocycles. The number of carbonyl (C=O) groups excluding carboxylic acids is 1. The average molecular weight is 254 g/mol. The summed E-state index contributed by atoms with van der Waals surface area (Å²) in [6.45, 7) is 0.714. The molecule has 0 bridgehead atoms. The number of anilines is 2. The van der Waals surface area contributed by atoms with Gasteiger partial charge in [0.05, 0.1) is 0 Å². The number of amides is 1. The van der Waals surface area contributed by atoms with Gasteiger partial charge < -0.3 is 10.3 Å². The molecule has 3 N–H and O–H groups in total. The number of para-hydroxylation sites is 1. The maximum absolute atomic E-state index is 12.5. The number of nitrogens with one attached hydrogen (secondary N) is 1. The van der Waals surface area contributed by atoms with Crippen LogP contribution in [-0.2, 0) is 6.42 Å². The van der Waals surface area contributed by atoms with Crippen LogP contribution in [-0.4, -0.2) is 17.4 Å². The molecule has 1 aromatic heterocycles. The van der Waals surface area contributed by atoms with Gasteiger partial charge in [0.25, 0.3) is 5.91 Å². The highest BCUT2D eigenvalue weighted by Crippen LogP contribution is 2.28. The largest absolute Gasteiger partial charge is 0.308 e. The second kappa shape index (κ2) is 4.70. The van der Waals surface area contributed by atoms with Crippen molar-refractivity contribution in [2.24, 2.45) is 5.84 Å². The highest BCUT2D eigenvalue weighted by molar-refractivity contribution is 6.07. The second-order valence-corrected chi connectivity index (χ2v) is 4.41. The van der Waals surface area contributed by atoms with E-state index in [4.69, 9.17) is 5.84 Å². The van der Waals surface area contributed by atoms with E-state index in [0.717, 1.165) is 12.1 Å². The SMILES string of the molecule is NNc1cc(C(=O)N2CCc3ccccc32)ccn1. The minimum absolute atomic E-state index is 0.0242. The molecule has 0 radical (unpaired) electrons. The van der Waals surface area contributed by atoms with Gasteiger partial charge in [-0.05, 0) is 30.2 Å². The van der Waals surface area contributed by atoms with Gasteiger partial charge in [-0.1, -0.05) is 18.2 Å². The molecule has 3 rings (SSSR count). The number of fused-ring (bicyclic) bond motifs is 1. The zero-order valence-corrected chi connectivity index (χ0v) is 10.3. The zero-order valence-electron chi connectivity index (χ0n) is 10.3. The predicted octanol–water partition coefficient (Wildman–Crippen LogP) is 1.57. The Morgan fingerprint density at radius 2 is 2.16 bits per heavy atom. The molecule has 0 saturated carbocycles. The molecule has 2 heterocycles. The van der Waals surface area contributed by atoms with Crippen LogP contribution in [0.5, 0.6) is 0 Å². The monoisotopic (exact) mass is 254 g/mol. The quantitative estimate of drug-likeness (QED) is 0.630. The molecule has 5 heteroatoms. The van der Waals surface area contributed by atoms with Crippen molar-refractivity contribution >= 4 is 17.4 Å². The Balaban J connectivity index is 1.93. The molecule has 5 nitrogen and oxygen atoms in total. The van der Waals surface area contributed by atoms with Crippen molar-refractivity contribution in [3.8, 4) is 0 Å². The normalized spacial score (nSPS) is 13.2. The molecule has 19 heavy (non-hydrogen) atoms. The lowest BCUT2D eigenvalue weighted by molar-refractivity contribution is 0.0989. The minimum atomic E-state index is -0.0242. The number of aromatic nitrogens is 1. The van der Waals surface area contributed by atoms with E-state index >= 15 is 0 Å². The molecular formula is C14H14N4O. The summed E-state index contributed by atoms with van der Waals surface area (Å²) in [7, 11) is 0. The van der Waals surface area contributed by atoms with E-state index in [0.29, 0.717) is 17.9 Å². The first-order chi connectivity index (χ1) is 9.29. The van der Waals surface area contributed by atoms with Crippen molar-refractivity contribution < 1.29 is 4.79 Å². The fourth-order valence-electron chi connectivity index (χ4n) is 2.35. The number of nitrogen functional groups attached to an aromatic ring is 1. The van der Waals surface area contributed by atoms with Crippen LogP contribution in [0.15, 0.2) is 42.6 Å². The summed E-state index contributed by atoms with van der Waals surface area (Å²) < 4.78 is 0. The van der Waals surface area contributed by atoms with E-state index in [1.54, 1.807) is 23.2 Å². The van der Waals surface area contributed by atoms with Gasteiger partial charge in [-0.25, -0.2) is 10.8 Å². The molecule has 0 aliphatic carbocycles. The van der Waals surface area contributed by atoms with Crippen molar-refractivity contribution in [3.05, 3.63) is 53.7 Å². The van der Waals surface area contributed by atoms with Gasteiger partial charge in [-0.3, -0.25) is 4.79 Å². The number of nitrogens with two attached hydrogens (primary N) is 1. The molecule has 0 fully saturated rings. The highest BCUT2D eigenvalue weighted by Gasteiger charge is 2.25. The van der Waals surface area contributed by atoms with E-state index < -0.39 is 0 Å². The molecule has 0 atom stereocenters. The lowest BCUT2D eigenvalue weighted by atomic mass is 10.2. The molecule has 96 valence electrons. The van der Waals surface area contributed by atoms with Gasteiger partial charge in [0.2, 0.25) is 0 Å². The van der Waals surface area contributed by atoms with Crippen LogP contribution in [0.25, 0.3) is 0 Å². The van der Waals surface area contributed by atoms with Crippen molar-refractivity contribution in [2.45, 2.75) is 6.42 Å². The Bertz CT molecular complexity index is 626. The van der Waals surface area contributed by atoms with Crippen molar-refractivity contribution in [3.63, 3.8) is 0 Å². The van der Waals surface area contributed by atoms with Crippen LogP contribution < -0.4 is 16.2 Å². The molecule has 1 amide bonds. The molecule has 1 aliphatic heterocycles. The Morgan fingerprint density at radius 1 is 1.32 bits per heavy atom. The number of benzene rings is 1. The lowest BCUT2D eigenvalue weighted by Crippen LogP contribution is -2.29. The van der Waals surface area contributed by atoms with E-state index in [2.05, 4.69) is 16.5 Å². The van der Waals surface area contributed by atoms with Gasteiger partial charge in [0, 0.05) is 24.0 Å². The fourth-order valence-corrected chi connectivity index (χ4v) is 2.35. The summed E-state index contributed by atoms with van der Waals surface area (Å²) in [5.74, 6) is 5.77. The maximum Gasteiger partial charge on any atom is 0.258 e. The third-order valence-electron chi connectivity index (χ3n) is 3.29. The first-order valence-corrected chi connectivity index (χ1v) is 6.12. The Hall–Kier alpha value is -2.40. The Kier molecular flexibility index (Phi) is 2.89. The third kappa shape index (κ3) is 2.04. The number of hydrazine groups is 1. The van der Waals surface area contributed by atoms with Crippen molar-refractivity contribution in [1.82, 2.24) is 4.98 Å². The summed E-state index contributed by atoms with van der Waals surface area (Å²) in [6.07, 6.45) is 2.47. The van der Waals surface area contributed by atoms with Gasteiger partial charge in [0.1, 0.15) is 5.82 Å². The second-order valence-electron chi connectivity index (χ2n) is 4.41. The summed E-state index contributed by atoms with van der Waals surface area (Å²) in [6, 6.07) is 11.3. The maximum atomic E-state index is 12.5. The number of pyridine rings is 1. The van der Waals surface area contributed by atoms with E-state index in [1.807, 2.05) is 18.2 Å². The van der Waals surface area contributed by atoms with Crippen LogP contribution in [0, 0.1) is 0 Å². The fraction of sp³-hybridized carbons (Fsp3) is 0.143. The van der Waals surface area contributed by atoms with Crippen LogP contribution in [0.1, 0.15) is 15.9 Å². The average Bonchev–Trinajstić information content (AvgIpc) is 2.90. The zero-order chi connectivity index (χ0) is 13.2. The van der Waals surface area contributed by atoms with Gasteiger partial charge in [-0.15, -0.1) is 0 Å². The standard InChI is InChI=1S/C14H14N4O/c15-17-13-9-11(5-7-16-13)14(19)18-8-6-10-3-1-2-4-12(10)18/h1-5,7,9H,6,8,15H2,(H,16,17). The Labute approximate surface area is 111 Å². The van der Waals surface area contributed by atoms with Crippen molar-refractivity contribution in [1.29, 1.82) is 0 Å². The molecule has 0 spiro atoms. The molecular weight excluding hydrogens is 240 g/mol. The van der Waals surface area contributed by atoms with Crippen molar-refractivity contribution in [2.75, 3.05) is 16.9 Å². The number of hydrogen-bond acceptors (Lipinski definition) is 4. The van der Waals surface area contributed by atoms with Crippen LogP contribution in [0.2, 0.25) is 0 Å². The minimum Gasteiger partial charge on any atom is -0.308 e. The smallest absolute Gasteiger partial charge is 0.258 e. The number of nitrogens with zero attached hydrogens (tertiary/aromatic N) is 2. The molecule has 2 aromatic rings. The summed E-state index contributed by atoms with van der Waals surface area (Å²) in [4.78, 5) is 18.3. The van der Waals surface area contributed by atoms with Gasteiger partial charge >= 0.3 is 0 Å². The summed E-state index contributed by atoms with van der Waals surface area (Å²) in [5.41, 5.74) is 5.24. The lowest BCUT2D eigenvalue weighted by Gasteiger charge is -2.17. The van der Waals surface area contributed by atoms with E-state index in [1.165, 1.54) is 5.56 Å². The number of carbonyl (C=O) groups is 1. The van der Waals surface area contributed by atoms with Gasteiger partial charge in [0.15, 0.2) is 0 Å².